The van der Waals surface area contributed by atoms with Gasteiger partial charge in [0, 0.05) is 0 Å². The molecular weight excluding hydrogens is 276 g/mol. The zero-order chi connectivity index (χ0) is 15.7. The normalized spacial score (nSPS) is 11.8. The number of fused-ring (bicyclic) bond motifs is 1. The average Bonchev–Trinajstić information content (AvgIpc) is 2.53. The van der Waals surface area contributed by atoms with Crippen LogP contribution in [0.2, 0.25) is 0 Å². The van der Waals surface area contributed by atoms with E-state index in [2.05, 4.69) is 0 Å². The summed E-state index contributed by atoms with van der Waals surface area (Å²) in [6.45, 7) is 3.65. The fourth-order valence-electron chi connectivity index (χ4n) is 2.38. The molecule has 0 saturated carbocycles. The van der Waals surface area contributed by atoms with Crippen molar-refractivity contribution in [1.82, 2.24) is 0 Å². The maximum atomic E-state index is 11.6. The maximum absolute atomic E-state index is 11.6. The third-order valence-corrected chi connectivity index (χ3v) is 3.47. The minimum Gasteiger partial charge on any atom is -0.486 e. The second kappa shape index (κ2) is 5.60. The molecule has 0 atom stereocenters. The summed E-state index contributed by atoms with van der Waals surface area (Å²) in [6.07, 6.45) is 3.36. The van der Waals surface area contributed by atoms with Gasteiger partial charge in [-0.25, -0.2) is 0 Å². The minimum absolute atomic E-state index is 0.129. The molecular formula is C19H16O3. The van der Waals surface area contributed by atoms with Crippen molar-refractivity contribution >= 4 is 22.9 Å². The Labute approximate surface area is 128 Å². The molecule has 0 aromatic heterocycles. The second-order valence-electron chi connectivity index (χ2n) is 5.51. The second-order valence-corrected chi connectivity index (χ2v) is 5.51. The summed E-state index contributed by atoms with van der Waals surface area (Å²) in [5.74, 6) is 0.178. The molecule has 3 aromatic rings. The van der Waals surface area contributed by atoms with Crippen molar-refractivity contribution in [3.63, 3.8) is 0 Å². The quantitative estimate of drug-likeness (QED) is 0.692. The SMILES string of the molecule is CC(C)Oc1c(/C=C/c2ccc3ccccc3c2)c(=O)c1=O. The van der Waals surface area contributed by atoms with Crippen molar-refractivity contribution in [2.45, 2.75) is 20.0 Å². The molecule has 3 nitrogen and oxygen atoms in total. The molecule has 0 radical (unpaired) electrons. The van der Waals surface area contributed by atoms with Crippen LogP contribution in [0.5, 0.6) is 5.75 Å². The smallest absolute Gasteiger partial charge is 0.268 e. The maximum Gasteiger partial charge on any atom is 0.268 e. The summed E-state index contributed by atoms with van der Waals surface area (Å²) in [4.78, 5) is 23.2. The Balaban J connectivity index is 1.92. The zero-order valence-electron chi connectivity index (χ0n) is 12.5. The molecule has 0 saturated heterocycles. The molecule has 0 aliphatic rings. The van der Waals surface area contributed by atoms with Crippen LogP contribution in [0.3, 0.4) is 0 Å². The van der Waals surface area contributed by atoms with E-state index in [0.29, 0.717) is 5.56 Å². The Morgan fingerprint density at radius 1 is 0.909 bits per heavy atom. The highest BCUT2D eigenvalue weighted by Crippen LogP contribution is 2.19. The third kappa shape index (κ3) is 2.58. The lowest BCUT2D eigenvalue weighted by molar-refractivity contribution is 0.236. The van der Waals surface area contributed by atoms with Gasteiger partial charge in [0.15, 0.2) is 5.75 Å². The van der Waals surface area contributed by atoms with Crippen molar-refractivity contribution in [2.24, 2.45) is 0 Å². The largest absolute Gasteiger partial charge is 0.486 e. The highest BCUT2D eigenvalue weighted by Gasteiger charge is 2.20. The first-order chi connectivity index (χ1) is 10.6. The number of hydrogen-bond donors (Lipinski definition) is 0. The van der Waals surface area contributed by atoms with E-state index in [0.717, 1.165) is 16.3 Å². The molecule has 0 bridgehead atoms. The zero-order valence-corrected chi connectivity index (χ0v) is 12.5. The van der Waals surface area contributed by atoms with E-state index in [4.69, 9.17) is 4.74 Å². The molecule has 3 rings (SSSR count). The number of ether oxygens (including phenoxy) is 1. The fourth-order valence-corrected chi connectivity index (χ4v) is 2.38. The number of hydrogen-bond acceptors (Lipinski definition) is 3. The van der Waals surface area contributed by atoms with Gasteiger partial charge in [-0.15, -0.1) is 0 Å². The fraction of sp³-hybridized carbons (Fsp3) is 0.158. The Hall–Kier alpha value is -2.68. The molecule has 0 aliphatic heterocycles. The Morgan fingerprint density at radius 2 is 1.64 bits per heavy atom. The molecule has 0 spiro atoms. The highest BCUT2D eigenvalue weighted by molar-refractivity contribution is 5.86. The van der Waals surface area contributed by atoms with E-state index < -0.39 is 10.9 Å². The molecule has 3 aromatic carbocycles. The van der Waals surface area contributed by atoms with Crippen LogP contribution < -0.4 is 15.6 Å². The van der Waals surface area contributed by atoms with Gasteiger partial charge in [0.25, 0.3) is 5.43 Å². The van der Waals surface area contributed by atoms with E-state index in [-0.39, 0.29) is 11.9 Å². The molecule has 0 fully saturated rings. The van der Waals surface area contributed by atoms with Gasteiger partial charge in [0.1, 0.15) is 0 Å². The predicted molar refractivity (Wildman–Crippen MR) is 90.0 cm³/mol. The summed E-state index contributed by atoms with van der Waals surface area (Å²) in [5.41, 5.74) is 0.314. The van der Waals surface area contributed by atoms with Gasteiger partial charge in [0.05, 0.1) is 11.7 Å². The van der Waals surface area contributed by atoms with Crippen molar-refractivity contribution < 1.29 is 4.74 Å². The van der Waals surface area contributed by atoms with Crippen LogP contribution in [0.15, 0.2) is 52.1 Å². The van der Waals surface area contributed by atoms with Crippen LogP contribution in [0.4, 0.5) is 0 Å². The van der Waals surface area contributed by atoms with Crippen molar-refractivity contribution in [2.75, 3.05) is 0 Å². The molecule has 0 heterocycles. The predicted octanol–water partition coefficient (Wildman–Crippen LogP) is 3.39. The molecule has 0 amide bonds. The average molecular weight is 292 g/mol. The van der Waals surface area contributed by atoms with Crippen molar-refractivity contribution in [3.05, 3.63) is 74.0 Å². The summed E-state index contributed by atoms with van der Waals surface area (Å²) >= 11 is 0. The lowest BCUT2D eigenvalue weighted by Gasteiger charge is -2.12. The van der Waals surface area contributed by atoms with Crippen LogP contribution in [0.25, 0.3) is 22.9 Å². The van der Waals surface area contributed by atoms with Crippen molar-refractivity contribution in [3.8, 4) is 5.75 Å². The van der Waals surface area contributed by atoms with Gasteiger partial charge < -0.3 is 4.74 Å². The molecule has 3 heteroatoms. The van der Waals surface area contributed by atoms with Crippen LogP contribution in [-0.2, 0) is 0 Å². The van der Waals surface area contributed by atoms with Crippen molar-refractivity contribution in [1.29, 1.82) is 0 Å². The summed E-state index contributed by atoms with van der Waals surface area (Å²) in [6, 6.07) is 14.1. The highest BCUT2D eigenvalue weighted by atomic mass is 16.5. The summed E-state index contributed by atoms with van der Waals surface area (Å²) < 4.78 is 5.40. The van der Waals surface area contributed by atoms with Gasteiger partial charge in [-0.2, -0.15) is 0 Å². The number of rotatable bonds is 4. The lowest BCUT2D eigenvalue weighted by atomic mass is 10.0. The minimum atomic E-state index is -0.535. The first-order valence-corrected chi connectivity index (χ1v) is 7.23. The van der Waals surface area contributed by atoms with Gasteiger partial charge in [0.2, 0.25) is 5.43 Å². The Kier molecular flexibility index (Phi) is 3.63. The van der Waals surface area contributed by atoms with E-state index in [9.17, 15) is 9.59 Å². The van der Waals surface area contributed by atoms with E-state index in [1.54, 1.807) is 6.08 Å². The molecule has 110 valence electrons. The lowest BCUT2D eigenvalue weighted by Crippen LogP contribution is -2.36. The monoisotopic (exact) mass is 292 g/mol. The van der Waals surface area contributed by atoms with Crippen LogP contribution in [0.1, 0.15) is 25.0 Å². The number of benzene rings is 2. The summed E-state index contributed by atoms with van der Waals surface area (Å²) in [7, 11) is 0. The standard InChI is InChI=1S/C19H16O3/c1-12(2)22-19-16(17(20)18(19)21)10-8-13-7-9-14-5-3-4-6-15(14)11-13/h3-12H,1-2H3/b10-8+. The summed E-state index contributed by atoms with van der Waals surface area (Å²) in [5, 5.41) is 2.30. The van der Waals surface area contributed by atoms with Gasteiger partial charge >= 0.3 is 0 Å². The molecule has 0 aliphatic carbocycles. The molecule has 0 unspecified atom stereocenters. The Bertz CT molecular complexity index is 925. The molecule has 0 N–H and O–H groups in total. The molecule has 22 heavy (non-hydrogen) atoms. The van der Waals surface area contributed by atoms with Gasteiger partial charge in [-0.05, 0) is 42.3 Å². The first kappa shape index (κ1) is 14.3. The van der Waals surface area contributed by atoms with Gasteiger partial charge in [-0.1, -0.05) is 42.5 Å². The first-order valence-electron chi connectivity index (χ1n) is 7.23. The Morgan fingerprint density at radius 3 is 2.36 bits per heavy atom. The van der Waals surface area contributed by atoms with E-state index in [1.807, 2.05) is 62.4 Å². The van der Waals surface area contributed by atoms with Crippen LogP contribution in [0, 0.1) is 0 Å². The topological polar surface area (TPSA) is 43.4 Å². The van der Waals surface area contributed by atoms with Crippen LogP contribution in [-0.4, -0.2) is 6.10 Å². The third-order valence-electron chi connectivity index (χ3n) is 3.47. The van der Waals surface area contributed by atoms with Gasteiger partial charge in [-0.3, -0.25) is 9.59 Å². The van der Waals surface area contributed by atoms with E-state index >= 15 is 0 Å². The van der Waals surface area contributed by atoms with E-state index in [1.165, 1.54) is 0 Å². The van der Waals surface area contributed by atoms with Crippen LogP contribution >= 0.6 is 0 Å².